The first-order chi connectivity index (χ1) is 15.2. The van der Waals surface area contributed by atoms with Crippen molar-refractivity contribution in [3.63, 3.8) is 0 Å². The number of nitrogens with zero attached hydrogens (tertiary/aromatic N) is 3. The molecular weight excluding hydrogens is 454 g/mol. The van der Waals surface area contributed by atoms with Gasteiger partial charge < -0.3 is 10.0 Å². The predicted octanol–water partition coefficient (Wildman–Crippen LogP) is 1.56. The van der Waals surface area contributed by atoms with Gasteiger partial charge in [0.1, 0.15) is 6.10 Å². The number of rotatable bonds is 5. The van der Waals surface area contributed by atoms with Crippen LogP contribution in [0.2, 0.25) is 5.02 Å². The molecule has 1 unspecified atom stereocenters. The maximum atomic E-state index is 12.8. The minimum absolute atomic E-state index is 0.00813. The first-order valence-corrected chi connectivity index (χ1v) is 12.6. The Labute approximate surface area is 192 Å². The summed E-state index contributed by atoms with van der Waals surface area (Å²) in [5.74, 6) is -1.20. The fraction of sp³-hybridized carbons (Fsp3) is 0.455. The number of halogens is 1. The van der Waals surface area contributed by atoms with Crippen LogP contribution in [0, 0.1) is 5.92 Å². The molecule has 10 heteroatoms. The number of sulfone groups is 1. The van der Waals surface area contributed by atoms with Crippen LogP contribution < -0.4 is 0 Å². The molecule has 0 radical (unpaired) electrons. The van der Waals surface area contributed by atoms with Crippen molar-refractivity contribution in [1.29, 1.82) is 0 Å². The van der Waals surface area contributed by atoms with E-state index in [0.717, 1.165) is 11.8 Å². The lowest BCUT2D eigenvalue weighted by Crippen LogP contribution is -2.57. The molecule has 2 aliphatic heterocycles. The number of hydrogen-bond donors (Lipinski definition) is 1. The maximum absolute atomic E-state index is 12.8. The molecule has 8 nitrogen and oxygen atoms in total. The van der Waals surface area contributed by atoms with Gasteiger partial charge in [0.05, 0.1) is 10.6 Å². The lowest BCUT2D eigenvalue weighted by Gasteiger charge is -2.39. The number of hydrogen-bond acceptors (Lipinski definition) is 6. The molecule has 4 rings (SSSR count). The zero-order valence-electron chi connectivity index (χ0n) is 17.8. The lowest BCUT2D eigenvalue weighted by molar-refractivity contribution is -0.153. The summed E-state index contributed by atoms with van der Waals surface area (Å²) in [5.41, 5.74) is 0. The average Bonchev–Trinajstić information content (AvgIpc) is 3.11. The second kappa shape index (κ2) is 8.97. The summed E-state index contributed by atoms with van der Waals surface area (Å²) < 4.78 is 25.6. The molecule has 0 aromatic heterocycles. The van der Waals surface area contributed by atoms with Gasteiger partial charge in [-0.2, -0.15) is 0 Å². The number of amides is 2. The zero-order chi connectivity index (χ0) is 23.0. The molecule has 0 aliphatic carbocycles. The monoisotopic (exact) mass is 479 g/mol. The quantitative estimate of drug-likeness (QED) is 0.698. The number of hydrazine groups is 1. The topological polar surface area (TPSA) is 98.2 Å². The van der Waals surface area contributed by atoms with Crippen molar-refractivity contribution < 1.29 is 23.1 Å². The molecule has 2 aliphatic rings. The summed E-state index contributed by atoms with van der Waals surface area (Å²) in [4.78, 5) is 26.4. The van der Waals surface area contributed by atoms with Gasteiger partial charge in [-0.15, -0.1) is 0 Å². The minimum Gasteiger partial charge on any atom is -0.382 e. The van der Waals surface area contributed by atoms with Gasteiger partial charge in [0, 0.05) is 43.7 Å². The highest BCUT2D eigenvalue weighted by Crippen LogP contribution is 2.24. The minimum atomic E-state index is -3.88. The molecule has 32 heavy (non-hydrogen) atoms. The van der Waals surface area contributed by atoms with Crippen molar-refractivity contribution >= 4 is 44.0 Å². The molecule has 0 spiro atoms. The normalized spacial score (nSPS) is 21.3. The third kappa shape index (κ3) is 4.61. The highest BCUT2D eigenvalue weighted by Gasteiger charge is 2.36. The average molecular weight is 480 g/mol. The molecule has 172 valence electrons. The van der Waals surface area contributed by atoms with Crippen LogP contribution in [0.5, 0.6) is 0 Å². The summed E-state index contributed by atoms with van der Waals surface area (Å²) >= 11 is 5.97. The van der Waals surface area contributed by atoms with E-state index < -0.39 is 27.6 Å². The number of aliphatic hydroxyl groups is 1. The summed E-state index contributed by atoms with van der Waals surface area (Å²) in [5, 5.41) is 16.1. The summed E-state index contributed by atoms with van der Waals surface area (Å²) in [6, 6.07) is 9.77. The van der Waals surface area contributed by atoms with E-state index in [2.05, 4.69) is 0 Å². The van der Waals surface area contributed by atoms with Crippen molar-refractivity contribution in [2.45, 2.75) is 24.3 Å². The Morgan fingerprint density at radius 2 is 1.75 bits per heavy atom. The Bertz CT molecular complexity index is 1150. The number of fused-ring (bicyclic) bond motifs is 1. The molecule has 0 bridgehead atoms. The van der Waals surface area contributed by atoms with E-state index in [0.29, 0.717) is 43.1 Å². The van der Waals surface area contributed by atoms with Crippen LogP contribution in [-0.4, -0.2) is 84.8 Å². The second-order valence-corrected chi connectivity index (χ2v) is 10.9. The maximum Gasteiger partial charge on any atom is 0.252 e. The largest absolute Gasteiger partial charge is 0.382 e. The van der Waals surface area contributed by atoms with Gasteiger partial charge in [-0.1, -0.05) is 30.7 Å². The molecule has 0 saturated carbocycles. The van der Waals surface area contributed by atoms with Crippen LogP contribution >= 0.6 is 11.6 Å². The van der Waals surface area contributed by atoms with Gasteiger partial charge in [0.2, 0.25) is 5.91 Å². The van der Waals surface area contributed by atoms with Crippen molar-refractivity contribution in [1.82, 2.24) is 14.9 Å². The van der Waals surface area contributed by atoms with Crippen LogP contribution in [0.25, 0.3) is 10.8 Å². The lowest BCUT2D eigenvalue weighted by atomic mass is 10.1. The van der Waals surface area contributed by atoms with E-state index in [9.17, 15) is 23.1 Å². The van der Waals surface area contributed by atoms with Crippen LogP contribution in [0.4, 0.5) is 0 Å². The molecule has 2 aromatic rings. The van der Waals surface area contributed by atoms with Gasteiger partial charge in [-0.25, -0.2) is 13.4 Å². The number of piperazine rings is 1. The summed E-state index contributed by atoms with van der Waals surface area (Å²) in [7, 11) is -3.88. The Hall–Kier alpha value is -2.20. The van der Waals surface area contributed by atoms with E-state index in [4.69, 9.17) is 11.6 Å². The second-order valence-electron chi connectivity index (χ2n) is 8.38. The SMILES string of the molecule is CC1CCN(N2CCN(C(=O)[C@H](O)CS(=O)(=O)c3ccc4cc(Cl)ccc4c3)CC2)C1=O. The van der Waals surface area contributed by atoms with Crippen LogP contribution in [0.15, 0.2) is 41.3 Å². The fourth-order valence-electron chi connectivity index (χ4n) is 4.22. The number of carbonyl (C=O) groups is 2. The first-order valence-electron chi connectivity index (χ1n) is 10.6. The van der Waals surface area contributed by atoms with Crippen molar-refractivity contribution in [3.8, 4) is 0 Å². The van der Waals surface area contributed by atoms with Crippen LogP contribution in [0.1, 0.15) is 13.3 Å². The van der Waals surface area contributed by atoms with E-state index in [1.165, 1.54) is 17.0 Å². The smallest absolute Gasteiger partial charge is 0.252 e. The Morgan fingerprint density at radius 3 is 2.41 bits per heavy atom. The van der Waals surface area contributed by atoms with Gasteiger partial charge in [0.15, 0.2) is 9.84 Å². The van der Waals surface area contributed by atoms with Gasteiger partial charge in [0.25, 0.3) is 5.91 Å². The van der Waals surface area contributed by atoms with E-state index in [1.54, 1.807) is 29.3 Å². The molecule has 2 atom stereocenters. The van der Waals surface area contributed by atoms with E-state index in [1.807, 2.05) is 11.9 Å². The molecular formula is C22H26ClN3O5S. The number of carbonyl (C=O) groups excluding carboxylic acids is 2. The van der Waals surface area contributed by atoms with Crippen LogP contribution in [-0.2, 0) is 19.4 Å². The Kier molecular flexibility index (Phi) is 6.44. The van der Waals surface area contributed by atoms with Crippen molar-refractivity contribution in [2.75, 3.05) is 38.5 Å². The Balaban J connectivity index is 1.38. The molecule has 2 aromatic carbocycles. The zero-order valence-corrected chi connectivity index (χ0v) is 19.3. The molecule has 2 amide bonds. The van der Waals surface area contributed by atoms with Gasteiger partial charge in [-0.05, 0) is 41.5 Å². The third-order valence-corrected chi connectivity index (χ3v) is 8.12. The highest BCUT2D eigenvalue weighted by atomic mass is 35.5. The fourth-order valence-corrected chi connectivity index (χ4v) is 5.73. The molecule has 2 saturated heterocycles. The van der Waals surface area contributed by atoms with E-state index in [-0.39, 0.29) is 16.7 Å². The highest BCUT2D eigenvalue weighted by molar-refractivity contribution is 7.91. The summed E-state index contributed by atoms with van der Waals surface area (Å²) in [6.07, 6.45) is -0.836. The van der Waals surface area contributed by atoms with Gasteiger partial charge >= 0.3 is 0 Å². The summed E-state index contributed by atoms with van der Waals surface area (Å²) in [6.45, 7) is 4.17. The van der Waals surface area contributed by atoms with Crippen LogP contribution in [0.3, 0.4) is 0 Å². The van der Waals surface area contributed by atoms with Gasteiger partial charge in [-0.3, -0.25) is 14.6 Å². The van der Waals surface area contributed by atoms with E-state index >= 15 is 0 Å². The van der Waals surface area contributed by atoms with Crippen molar-refractivity contribution in [2.24, 2.45) is 5.92 Å². The number of aliphatic hydroxyl groups excluding tert-OH is 1. The van der Waals surface area contributed by atoms with Crippen molar-refractivity contribution in [3.05, 3.63) is 41.4 Å². The molecule has 2 fully saturated rings. The number of benzene rings is 2. The third-order valence-electron chi connectivity index (χ3n) is 6.15. The molecule has 1 N–H and O–H groups in total. The molecule has 2 heterocycles. The standard InChI is InChI=1S/C22H26ClN3O5S/c1-15-6-7-26(21(15)28)25-10-8-24(9-11-25)22(29)20(27)14-32(30,31)19-5-3-16-12-18(23)4-2-17(16)13-19/h2-5,12-13,15,20,27H,6-11,14H2,1H3/t15?,20-/m1/s1. The first kappa shape index (κ1) is 23.0. The Morgan fingerprint density at radius 1 is 1.09 bits per heavy atom. The predicted molar refractivity (Wildman–Crippen MR) is 121 cm³/mol.